The minimum absolute atomic E-state index is 0.0157. The molecular formula is C13H22N2O3S. The number of likely N-dealkylation sites (N-methyl/N-ethyl adjacent to an activating group) is 1. The molecule has 19 heavy (non-hydrogen) atoms. The van der Waals surface area contributed by atoms with Crippen LogP contribution in [0.25, 0.3) is 0 Å². The lowest BCUT2D eigenvalue weighted by Crippen LogP contribution is -2.47. The first-order chi connectivity index (χ1) is 8.84. The van der Waals surface area contributed by atoms with E-state index in [2.05, 4.69) is 0 Å². The van der Waals surface area contributed by atoms with Gasteiger partial charge >= 0.3 is 0 Å². The zero-order valence-corrected chi connectivity index (χ0v) is 12.8. The molecule has 0 saturated carbocycles. The van der Waals surface area contributed by atoms with Crippen molar-refractivity contribution in [3.63, 3.8) is 0 Å². The second kappa shape index (κ2) is 6.93. The molecule has 2 amide bonds. The summed E-state index contributed by atoms with van der Waals surface area (Å²) >= 11 is 1.16. The number of nitrogens with zero attached hydrogens (tertiary/aromatic N) is 2. The highest BCUT2D eigenvalue weighted by Crippen LogP contribution is 2.22. The van der Waals surface area contributed by atoms with Gasteiger partial charge in [0.25, 0.3) is 0 Å². The summed E-state index contributed by atoms with van der Waals surface area (Å²) in [7, 11) is 3.41. The maximum atomic E-state index is 12.3. The molecule has 1 aliphatic rings. The number of hydrogen-bond acceptors (Lipinski definition) is 4. The van der Waals surface area contributed by atoms with E-state index in [1.165, 1.54) is 11.8 Å². The molecule has 5 nitrogen and oxygen atoms in total. The van der Waals surface area contributed by atoms with Crippen molar-refractivity contribution in [1.82, 2.24) is 9.80 Å². The summed E-state index contributed by atoms with van der Waals surface area (Å²) in [6.07, 6.45) is 1.60. The average molecular weight is 286 g/mol. The smallest absolute Gasteiger partial charge is 0.244 e. The summed E-state index contributed by atoms with van der Waals surface area (Å²) in [6, 6.07) is -0.327. The molecule has 1 fully saturated rings. The van der Waals surface area contributed by atoms with Crippen LogP contribution in [0.1, 0.15) is 26.7 Å². The van der Waals surface area contributed by atoms with Crippen molar-refractivity contribution in [2.45, 2.75) is 32.7 Å². The van der Waals surface area contributed by atoms with Gasteiger partial charge in [-0.2, -0.15) is 0 Å². The predicted octanol–water partition coefficient (Wildman–Crippen LogP) is 0.981. The van der Waals surface area contributed by atoms with E-state index in [4.69, 9.17) is 0 Å². The fraction of sp³-hybridized carbons (Fsp3) is 0.769. The number of thioether (sulfide) groups is 1. The summed E-state index contributed by atoms with van der Waals surface area (Å²) in [5.74, 6) is 0.210. The zero-order valence-electron chi connectivity index (χ0n) is 12.0. The van der Waals surface area contributed by atoms with Gasteiger partial charge in [0.1, 0.15) is 6.04 Å². The van der Waals surface area contributed by atoms with Crippen molar-refractivity contribution in [2.24, 2.45) is 5.92 Å². The zero-order chi connectivity index (χ0) is 14.6. The van der Waals surface area contributed by atoms with Crippen LogP contribution in [0.15, 0.2) is 0 Å². The lowest BCUT2D eigenvalue weighted by atomic mass is 10.1. The summed E-state index contributed by atoms with van der Waals surface area (Å²) in [5, 5.41) is 0.0157. The first-order valence-electron chi connectivity index (χ1n) is 6.49. The standard InChI is InChI=1S/C13H22N2O3S/c1-9(8-19-10(2)16)12(17)15-7-5-6-11(15)13(18)14(3)4/h9,11H,5-8H2,1-4H3/t9?,11-/m0/s1. The van der Waals surface area contributed by atoms with E-state index in [1.54, 1.807) is 19.0 Å². The van der Waals surface area contributed by atoms with Gasteiger partial charge < -0.3 is 9.80 Å². The van der Waals surface area contributed by atoms with Crippen molar-refractivity contribution in [3.8, 4) is 0 Å². The molecule has 0 spiro atoms. The fourth-order valence-corrected chi connectivity index (χ4v) is 2.81. The van der Waals surface area contributed by atoms with Crippen LogP contribution in [0.3, 0.4) is 0 Å². The Morgan fingerprint density at radius 3 is 2.53 bits per heavy atom. The molecule has 1 heterocycles. The highest BCUT2D eigenvalue weighted by atomic mass is 32.2. The Balaban J connectivity index is 2.64. The molecule has 1 unspecified atom stereocenters. The third-order valence-corrected chi connectivity index (χ3v) is 4.29. The maximum absolute atomic E-state index is 12.3. The van der Waals surface area contributed by atoms with Crippen LogP contribution in [-0.2, 0) is 14.4 Å². The average Bonchev–Trinajstić information content (AvgIpc) is 2.82. The van der Waals surface area contributed by atoms with Gasteiger partial charge in [-0.3, -0.25) is 14.4 Å². The van der Waals surface area contributed by atoms with Crippen molar-refractivity contribution in [2.75, 3.05) is 26.4 Å². The quantitative estimate of drug-likeness (QED) is 0.773. The van der Waals surface area contributed by atoms with Gasteiger partial charge in [0.15, 0.2) is 5.12 Å². The number of amides is 2. The Labute approximate surface area is 118 Å². The maximum Gasteiger partial charge on any atom is 0.244 e. The van der Waals surface area contributed by atoms with Gasteiger partial charge in [-0.1, -0.05) is 18.7 Å². The van der Waals surface area contributed by atoms with Gasteiger partial charge in [0.05, 0.1) is 0 Å². The van der Waals surface area contributed by atoms with Gasteiger partial charge in [-0.25, -0.2) is 0 Å². The Hall–Kier alpha value is -1.04. The van der Waals surface area contributed by atoms with Crippen LogP contribution < -0.4 is 0 Å². The van der Waals surface area contributed by atoms with Crippen molar-refractivity contribution in [1.29, 1.82) is 0 Å². The number of carbonyl (C=O) groups excluding carboxylic acids is 3. The summed E-state index contributed by atoms with van der Waals surface area (Å²) < 4.78 is 0. The highest BCUT2D eigenvalue weighted by Gasteiger charge is 2.36. The molecule has 1 saturated heterocycles. The van der Waals surface area contributed by atoms with E-state index in [0.717, 1.165) is 24.6 Å². The lowest BCUT2D eigenvalue weighted by molar-refractivity contribution is -0.144. The number of hydrogen-bond donors (Lipinski definition) is 0. The van der Waals surface area contributed by atoms with Crippen molar-refractivity contribution in [3.05, 3.63) is 0 Å². The van der Waals surface area contributed by atoms with Gasteiger partial charge in [-0.15, -0.1) is 0 Å². The van der Waals surface area contributed by atoms with E-state index >= 15 is 0 Å². The van der Waals surface area contributed by atoms with Crippen LogP contribution in [0.4, 0.5) is 0 Å². The van der Waals surface area contributed by atoms with Crippen LogP contribution >= 0.6 is 11.8 Å². The molecule has 1 rings (SSSR count). The van der Waals surface area contributed by atoms with Gasteiger partial charge in [0.2, 0.25) is 11.8 Å². The van der Waals surface area contributed by atoms with Crippen LogP contribution in [0, 0.1) is 5.92 Å². The SMILES string of the molecule is CC(=O)SCC(C)C(=O)N1CCC[C@H]1C(=O)N(C)C. The molecule has 0 radical (unpaired) electrons. The normalized spacial score (nSPS) is 20.2. The molecular weight excluding hydrogens is 264 g/mol. The molecule has 0 N–H and O–H groups in total. The monoisotopic (exact) mass is 286 g/mol. The first kappa shape index (κ1) is 16.0. The second-order valence-corrected chi connectivity index (χ2v) is 6.32. The number of rotatable bonds is 4. The van der Waals surface area contributed by atoms with Gasteiger partial charge in [0, 0.05) is 39.2 Å². The van der Waals surface area contributed by atoms with E-state index in [-0.39, 0.29) is 28.9 Å². The van der Waals surface area contributed by atoms with E-state index in [9.17, 15) is 14.4 Å². The van der Waals surface area contributed by atoms with E-state index < -0.39 is 0 Å². The molecule has 1 aliphatic heterocycles. The van der Waals surface area contributed by atoms with Crippen LogP contribution in [-0.4, -0.2) is 59.2 Å². The highest BCUT2D eigenvalue weighted by molar-refractivity contribution is 8.13. The third kappa shape index (κ3) is 4.23. The topological polar surface area (TPSA) is 57.7 Å². The summed E-state index contributed by atoms with van der Waals surface area (Å²) in [5.41, 5.74) is 0. The Morgan fingerprint density at radius 1 is 1.37 bits per heavy atom. The Bertz CT molecular complexity index is 371. The molecule has 0 bridgehead atoms. The van der Waals surface area contributed by atoms with Crippen molar-refractivity contribution < 1.29 is 14.4 Å². The third-order valence-electron chi connectivity index (χ3n) is 3.22. The number of likely N-dealkylation sites (tertiary alicyclic amines) is 1. The minimum Gasteiger partial charge on any atom is -0.347 e. The number of carbonyl (C=O) groups is 3. The molecule has 0 aromatic rings. The molecule has 0 aromatic carbocycles. The second-order valence-electron chi connectivity index (χ2n) is 5.13. The van der Waals surface area contributed by atoms with Crippen LogP contribution in [0.2, 0.25) is 0 Å². The first-order valence-corrected chi connectivity index (χ1v) is 7.48. The summed E-state index contributed by atoms with van der Waals surface area (Å²) in [4.78, 5) is 38.5. The molecule has 2 atom stereocenters. The minimum atomic E-state index is -0.327. The fourth-order valence-electron chi connectivity index (χ4n) is 2.18. The van der Waals surface area contributed by atoms with Gasteiger partial charge in [-0.05, 0) is 12.8 Å². The van der Waals surface area contributed by atoms with E-state index in [1.807, 2.05) is 6.92 Å². The lowest BCUT2D eigenvalue weighted by Gasteiger charge is -2.28. The Kier molecular flexibility index (Phi) is 5.85. The molecule has 6 heteroatoms. The molecule has 0 aliphatic carbocycles. The summed E-state index contributed by atoms with van der Waals surface area (Å²) in [6.45, 7) is 3.95. The predicted molar refractivity (Wildman–Crippen MR) is 75.7 cm³/mol. The largest absolute Gasteiger partial charge is 0.347 e. The van der Waals surface area contributed by atoms with E-state index in [0.29, 0.717) is 12.3 Å². The van der Waals surface area contributed by atoms with Crippen molar-refractivity contribution >= 4 is 28.7 Å². The molecule has 0 aromatic heterocycles. The Morgan fingerprint density at radius 2 is 2.00 bits per heavy atom. The van der Waals surface area contributed by atoms with Crippen LogP contribution in [0.5, 0.6) is 0 Å². The molecule has 108 valence electrons.